The number of hydrogen-bond donors (Lipinski definition) is 0. The molecular weight excluding hydrogens is 390 g/mol. The predicted molar refractivity (Wildman–Crippen MR) is 90.9 cm³/mol. The first-order valence-electron chi connectivity index (χ1n) is 7.26. The van der Waals surface area contributed by atoms with Crippen LogP contribution in [0.2, 0.25) is 0 Å². The zero-order valence-electron chi connectivity index (χ0n) is 13.8. The number of carbonyl (C=O) groups is 1. The molecule has 0 aromatic heterocycles. The number of carbonyl (C=O) groups excluding carboxylic acids is 1. The fraction of sp³-hybridized carbons (Fsp3) is 0.118. The summed E-state index contributed by atoms with van der Waals surface area (Å²) in [6.45, 7) is 3.59. The highest BCUT2D eigenvalue weighted by atomic mass is 32.2. The third-order valence-electron chi connectivity index (χ3n) is 3.47. The van der Waals surface area contributed by atoms with E-state index in [0.717, 1.165) is 23.1 Å². The van der Waals surface area contributed by atoms with Crippen molar-refractivity contribution in [1.29, 1.82) is 0 Å². The van der Waals surface area contributed by atoms with E-state index in [9.17, 15) is 30.8 Å². The molecule has 144 valence electrons. The van der Waals surface area contributed by atoms with Crippen LogP contribution in [-0.2, 0) is 14.9 Å². The van der Waals surface area contributed by atoms with Gasteiger partial charge in [-0.1, -0.05) is 30.8 Å². The van der Waals surface area contributed by atoms with Crippen molar-refractivity contribution >= 4 is 27.3 Å². The summed E-state index contributed by atoms with van der Waals surface area (Å²) < 4.78 is 77.3. The van der Waals surface area contributed by atoms with Crippen molar-refractivity contribution in [2.45, 2.75) is 5.51 Å². The molecule has 0 radical (unpaired) electrons. The highest BCUT2D eigenvalue weighted by molar-refractivity contribution is 7.88. The first-order chi connectivity index (χ1) is 12.4. The molecule has 0 aliphatic heterocycles. The number of likely N-dealkylation sites (N-methyl/N-ethyl adjacent to an activating group) is 1. The lowest BCUT2D eigenvalue weighted by Crippen LogP contribution is -2.30. The monoisotopic (exact) mass is 403 g/mol. The Kier molecular flexibility index (Phi) is 5.59. The third-order valence-corrected chi connectivity index (χ3v) is 4.43. The summed E-state index contributed by atoms with van der Waals surface area (Å²) in [6.07, 6.45) is 0. The average Bonchev–Trinajstić information content (AvgIpc) is 2.59. The Morgan fingerprint density at radius 1 is 1.07 bits per heavy atom. The van der Waals surface area contributed by atoms with Gasteiger partial charge in [0, 0.05) is 12.6 Å². The molecule has 0 N–H and O–H groups in total. The number of amides is 1. The first kappa shape index (κ1) is 20.4. The van der Waals surface area contributed by atoms with Gasteiger partial charge in [0.15, 0.2) is 5.75 Å². The minimum atomic E-state index is -5.91. The summed E-state index contributed by atoms with van der Waals surface area (Å²) in [5, 5.41) is 0. The maximum absolute atomic E-state index is 13.0. The highest BCUT2D eigenvalue weighted by Gasteiger charge is 2.49. The normalized spacial score (nSPS) is 11.7. The third kappa shape index (κ3) is 4.45. The smallest absolute Gasteiger partial charge is 0.374 e. The minimum Gasteiger partial charge on any atom is -0.374 e. The molecule has 0 heterocycles. The SMILES string of the molecule is C=C(C(=O)N(C)c1ccccc1OS(=O)(=O)C(F)(F)F)c1ccc(F)cc1. The molecule has 27 heavy (non-hydrogen) atoms. The van der Waals surface area contributed by atoms with Gasteiger partial charge in [0.05, 0.1) is 5.69 Å². The van der Waals surface area contributed by atoms with E-state index in [2.05, 4.69) is 10.8 Å². The van der Waals surface area contributed by atoms with Gasteiger partial charge in [-0.2, -0.15) is 21.6 Å². The summed E-state index contributed by atoms with van der Waals surface area (Å²) in [6, 6.07) is 9.65. The Balaban J connectivity index is 2.34. The van der Waals surface area contributed by atoms with Crippen LogP contribution in [-0.4, -0.2) is 26.9 Å². The molecule has 0 aliphatic carbocycles. The lowest BCUT2D eigenvalue weighted by molar-refractivity contribution is -0.113. The van der Waals surface area contributed by atoms with Gasteiger partial charge in [-0.05, 0) is 29.8 Å². The van der Waals surface area contributed by atoms with Crippen LogP contribution in [0.25, 0.3) is 5.57 Å². The Morgan fingerprint density at radius 3 is 2.19 bits per heavy atom. The second-order valence-electron chi connectivity index (χ2n) is 5.30. The Hall–Kier alpha value is -2.88. The summed E-state index contributed by atoms with van der Waals surface area (Å²) >= 11 is 0. The lowest BCUT2D eigenvalue weighted by Gasteiger charge is -2.21. The lowest BCUT2D eigenvalue weighted by atomic mass is 10.1. The van der Waals surface area contributed by atoms with Gasteiger partial charge in [-0.25, -0.2) is 4.39 Å². The Labute approximate surface area is 152 Å². The molecule has 5 nitrogen and oxygen atoms in total. The second-order valence-corrected chi connectivity index (χ2v) is 6.84. The Morgan fingerprint density at radius 2 is 1.63 bits per heavy atom. The molecule has 0 atom stereocenters. The van der Waals surface area contributed by atoms with Crippen LogP contribution in [0.4, 0.5) is 23.2 Å². The fourth-order valence-electron chi connectivity index (χ4n) is 2.06. The van der Waals surface area contributed by atoms with E-state index in [1.54, 1.807) is 0 Å². The van der Waals surface area contributed by atoms with Crippen LogP contribution < -0.4 is 9.08 Å². The van der Waals surface area contributed by atoms with Crippen molar-refractivity contribution in [2.24, 2.45) is 0 Å². The number of halogens is 4. The first-order valence-corrected chi connectivity index (χ1v) is 8.67. The summed E-state index contributed by atoms with van der Waals surface area (Å²) in [5.74, 6) is -1.96. The van der Waals surface area contributed by atoms with Gasteiger partial charge in [-0.3, -0.25) is 4.79 Å². The van der Waals surface area contributed by atoms with Gasteiger partial charge in [0.25, 0.3) is 5.91 Å². The molecule has 0 unspecified atom stereocenters. The molecule has 2 aromatic rings. The Bertz CT molecular complexity index is 969. The number of benzene rings is 2. The molecule has 2 rings (SSSR count). The van der Waals surface area contributed by atoms with Gasteiger partial charge >= 0.3 is 15.6 Å². The molecule has 0 saturated heterocycles. The average molecular weight is 403 g/mol. The van der Waals surface area contributed by atoms with E-state index in [4.69, 9.17) is 0 Å². The van der Waals surface area contributed by atoms with Crippen molar-refractivity contribution < 1.29 is 35.0 Å². The van der Waals surface area contributed by atoms with Gasteiger partial charge < -0.3 is 9.08 Å². The molecule has 0 bridgehead atoms. The molecule has 0 aliphatic rings. The number of para-hydroxylation sites is 2. The maximum atomic E-state index is 13.0. The van der Waals surface area contributed by atoms with Gasteiger partial charge in [0.2, 0.25) is 0 Å². The summed E-state index contributed by atoms with van der Waals surface area (Å²) in [7, 11) is -4.70. The van der Waals surface area contributed by atoms with Gasteiger partial charge in [-0.15, -0.1) is 0 Å². The van der Waals surface area contributed by atoms with Gasteiger partial charge in [0.1, 0.15) is 5.82 Å². The van der Waals surface area contributed by atoms with E-state index < -0.39 is 33.1 Å². The summed E-state index contributed by atoms with van der Waals surface area (Å²) in [4.78, 5) is 13.4. The number of alkyl halides is 3. The number of anilines is 1. The highest BCUT2D eigenvalue weighted by Crippen LogP contribution is 2.34. The predicted octanol–water partition coefficient (Wildman–Crippen LogP) is 3.73. The van der Waals surface area contributed by atoms with Crippen LogP contribution in [0.15, 0.2) is 55.1 Å². The zero-order chi connectivity index (χ0) is 20.4. The fourth-order valence-corrected chi connectivity index (χ4v) is 2.53. The van der Waals surface area contributed by atoms with Crippen LogP contribution in [0.3, 0.4) is 0 Å². The number of hydrogen-bond acceptors (Lipinski definition) is 4. The quantitative estimate of drug-likeness (QED) is 0.330. The van der Waals surface area contributed by atoms with E-state index in [-0.39, 0.29) is 16.8 Å². The van der Waals surface area contributed by atoms with Crippen molar-refractivity contribution in [1.82, 2.24) is 0 Å². The van der Waals surface area contributed by atoms with Crippen LogP contribution in [0, 0.1) is 5.82 Å². The van der Waals surface area contributed by atoms with E-state index in [0.29, 0.717) is 0 Å². The van der Waals surface area contributed by atoms with Crippen molar-refractivity contribution in [2.75, 3.05) is 11.9 Å². The molecule has 10 heteroatoms. The van der Waals surface area contributed by atoms with E-state index >= 15 is 0 Å². The van der Waals surface area contributed by atoms with Crippen LogP contribution >= 0.6 is 0 Å². The maximum Gasteiger partial charge on any atom is 0.534 e. The van der Waals surface area contributed by atoms with Crippen molar-refractivity contribution in [3.05, 3.63) is 66.5 Å². The minimum absolute atomic E-state index is 0.0778. The number of nitrogens with zero attached hydrogens (tertiary/aromatic N) is 1. The largest absolute Gasteiger partial charge is 0.534 e. The molecular formula is C17H13F4NO4S. The molecule has 0 fully saturated rings. The zero-order valence-corrected chi connectivity index (χ0v) is 14.6. The summed E-state index contributed by atoms with van der Waals surface area (Å²) in [5.41, 5.74) is -5.64. The van der Waals surface area contributed by atoms with Crippen LogP contribution in [0.5, 0.6) is 5.75 Å². The van der Waals surface area contributed by atoms with Crippen molar-refractivity contribution in [3.63, 3.8) is 0 Å². The topological polar surface area (TPSA) is 63.7 Å². The van der Waals surface area contributed by atoms with E-state index in [1.807, 2.05) is 0 Å². The molecule has 0 spiro atoms. The molecule has 2 aromatic carbocycles. The van der Waals surface area contributed by atoms with E-state index in [1.165, 1.54) is 37.4 Å². The standard InChI is InChI=1S/C17H13F4NO4S/c1-11(12-7-9-13(18)10-8-12)16(23)22(2)14-5-3-4-6-15(14)26-27(24,25)17(19,20)21/h3-10H,1H2,2H3. The number of rotatable bonds is 5. The van der Waals surface area contributed by atoms with Crippen molar-refractivity contribution in [3.8, 4) is 5.75 Å². The molecule has 0 saturated carbocycles. The molecule has 1 amide bonds. The second kappa shape index (κ2) is 7.39. The van der Waals surface area contributed by atoms with Crippen LogP contribution in [0.1, 0.15) is 5.56 Å².